The molecule has 1 N–H and O–H groups in total. The molecule has 0 fully saturated rings. The van der Waals surface area contributed by atoms with Crippen LogP contribution in [-0.4, -0.2) is 6.54 Å². The van der Waals surface area contributed by atoms with Gasteiger partial charge in [-0.15, -0.1) is 0 Å². The molecule has 2 aromatic rings. The van der Waals surface area contributed by atoms with Crippen LogP contribution in [0.15, 0.2) is 48.5 Å². The molecule has 0 spiro atoms. The summed E-state index contributed by atoms with van der Waals surface area (Å²) < 4.78 is 13.7. The number of rotatable bonds is 6. The molecule has 0 aliphatic heterocycles. The van der Waals surface area contributed by atoms with Crippen molar-refractivity contribution in [3.05, 3.63) is 71.0 Å². The maximum atomic E-state index is 13.7. The average molecular weight is 285 g/mol. The summed E-state index contributed by atoms with van der Waals surface area (Å²) >= 11 is 0. The van der Waals surface area contributed by atoms with Gasteiger partial charge in [0.2, 0.25) is 0 Å². The summed E-state index contributed by atoms with van der Waals surface area (Å²) in [5.74, 6) is 0.132. The van der Waals surface area contributed by atoms with Crippen molar-refractivity contribution in [1.29, 1.82) is 0 Å². The highest BCUT2D eigenvalue weighted by Gasteiger charge is 2.20. The van der Waals surface area contributed by atoms with Crippen LogP contribution < -0.4 is 5.32 Å². The molecule has 0 aromatic heterocycles. The predicted octanol–water partition coefficient (Wildman–Crippen LogP) is 4.98. The molecule has 2 atom stereocenters. The number of nitrogens with one attached hydrogen (secondary N) is 1. The van der Waals surface area contributed by atoms with Gasteiger partial charge in [-0.2, -0.15) is 0 Å². The van der Waals surface area contributed by atoms with E-state index in [-0.39, 0.29) is 11.9 Å². The Hall–Kier alpha value is -1.67. The van der Waals surface area contributed by atoms with Gasteiger partial charge in [0.15, 0.2) is 0 Å². The van der Waals surface area contributed by atoms with E-state index in [4.69, 9.17) is 0 Å². The van der Waals surface area contributed by atoms with Crippen molar-refractivity contribution in [2.45, 2.75) is 39.2 Å². The fourth-order valence-corrected chi connectivity index (χ4v) is 2.78. The van der Waals surface area contributed by atoms with Gasteiger partial charge in [-0.05, 0) is 48.7 Å². The molecule has 0 saturated carbocycles. The standard InChI is InChI=1S/C19H24FN/c1-4-10-21-19(15(3)16-8-6-5-7-9-16)17-11-14(2)12-18(20)13-17/h5-9,11-13,15,19,21H,4,10H2,1-3H3. The summed E-state index contributed by atoms with van der Waals surface area (Å²) in [5.41, 5.74) is 3.26. The summed E-state index contributed by atoms with van der Waals surface area (Å²) in [4.78, 5) is 0. The molecule has 1 nitrogen and oxygen atoms in total. The van der Waals surface area contributed by atoms with Crippen molar-refractivity contribution in [1.82, 2.24) is 5.32 Å². The summed E-state index contributed by atoms with van der Waals surface area (Å²) in [7, 11) is 0. The third-order valence-corrected chi connectivity index (χ3v) is 3.86. The minimum Gasteiger partial charge on any atom is -0.309 e. The lowest BCUT2D eigenvalue weighted by molar-refractivity contribution is 0.463. The van der Waals surface area contributed by atoms with Crippen LogP contribution in [0.1, 0.15) is 48.9 Å². The van der Waals surface area contributed by atoms with E-state index in [1.165, 1.54) is 5.56 Å². The van der Waals surface area contributed by atoms with Crippen LogP contribution in [0, 0.1) is 12.7 Å². The molecule has 0 saturated heterocycles. The predicted molar refractivity (Wildman–Crippen MR) is 87.0 cm³/mol. The van der Waals surface area contributed by atoms with Crippen LogP contribution >= 0.6 is 0 Å². The quantitative estimate of drug-likeness (QED) is 0.789. The second-order valence-electron chi connectivity index (χ2n) is 5.69. The van der Waals surface area contributed by atoms with E-state index in [0.717, 1.165) is 24.1 Å². The first-order valence-corrected chi connectivity index (χ1v) is 7.67. The van der Waals surface area contributed by atoms with E-state index in [1.54, 1.807) is 12.1 Å². The molecule has 2 aromatic carbocycles. The summed E-state index contributed by atoms with van der Waals surface area (Å²) in [5, 5.41) is 3.57. The van der Waals surface area contributed by atoms with E-state index in [0.29, 0.717) is 5.92 Å². The van der Waals surface area contributed by atoms with Crippen LogP contribution in [0.5, 0.6) is 0 Å². The highest BCUT2D eigenvalue weighted by molar-refractivity contribution is 5.31. The average Bonchev–Trinajstić information content (AvgIpc) is 2.47. The topological polar surface area (TPSA) is 12.0 Å². The van der Waals surface area contributed by atoms with Crippen molar-refractivity contribution in [3.8, 4) is 0 Å². The summed E-state index contributed by atoms with van der Waals surface area (Å²) in [6.45, 7) is 7.21. The van der Waals surface area contributed by atoms with Gasteiger partial charge in [0.25, 0.3) is 0 Å². The Morgan fingerprint density at radius 3 is 2.38 bits per heavy atom. The lowest BCUT2D eigenvalue weighted by Gasteiger charge is -2.26. The van der Waals surface area contributed by atoms with Crippen LogP contribution in [0.25, 0.3) is 0 Å². The summed E-state index contributed by atoms with van der Waals surface area (Å²) in [6.07, 6.45) is 1.06. The molecule has 0 heterocycles. The Bertz CT molecular complexity index is 545. The largest absolute Gasteiger partial charge is 0.309 e. The fourth-order valence-electron chi connectivity index (χ4n) is 2.78. The second-order valence-corrected chi connectivity index (χ2v) is 5.69. The fraction of sp³-hybridized carbons (Fsp3) is 0.368. The maximum absolute atomic E-state index is 13.7. The number of benzene rings is 2. The minimum absolute atomic E-state index is 0.127. The van der Waals surface area contributed by atoms with Gasteiger partial charge in [-0.3, -0.25) is 0 Å². The first kappa shape index (κ1) is 15.7. The van der Waals surface area contributed by atoms with E-state index in [9.17, 15) is 4.39 Å². The van der Waals surface area contributed by atoms with Gasteiger partial charge in [-0.25, -0.2) is 4.39 Å². The van der Waals surface area contributed by atoms with Gasteiger partial charge in [-0.1, -0.05) is 50.2 Å². The zero-order valence-corrected chi connectivity index (χ0v) is 13.1. The van der Waals surface area contributed by atoms with Gasteiger partial charge in [0, 0.05) is 12.0 Å². The van der Waals surface area contributed by atoms with Crippen molar-refractivity contribution >= 4 is 0 Å². The SMILES string of the molecule is CCCNC(c1cc(C)cc(F)c1)C(C)c1ccccc1. The van der Waals surface area contributed by atoms with Gasteiger partial charge < -0.3 is 5.32 Å². The van der Waals surface area contributed by atoms with Crippen molar-refractivity contribution in [3.63, 3.8) is 0 Å². The number of aryl methyl sites for hydroxylation is 1. The normalized spacial score (nSPS) is 13.9. The molecule has 21 heavy (non-hydrogen) atoms. The van der Waals surface area contributed by atoms with Gasteiger partial charge in [0.1, 0.15) is 5.82 Å². The Morgan fingerprint density at radius 2 is 1.76 bits per heavy atom. The van der Waals surface area contributed by atoms with E-state index in [1.807, 2.05) is 13.0 Å². The maximum Gasteiger partial charge on any atom is 0.123 e. The molecule has 2 rings (SSSR count). The third-order valence-electron chi connectivity index (χ3n) is 3.86. The second kappa shape index (κ2) is 7.37. The van der Waals surface area contributed by atoms with Crippen molar-refractivity contribution in [2.75, 3.05) is 6.54 Å². The number of hydrogen-bond donors (Lipinski definition) is 1. The summed E-state index contributed by atoms with van der Waals surface area (Å²) in [6, 6.07) is 15.8. The molecule has 112 valence electrons. The van der Waals surface area contributed by atoms with Crippen LogP contribution in [0.3, 0.4) is 0 Å². The highest BCUT2D eigenvalue weighted by atomic mass is 19.1. The van der Waals surface area contributed by atoms with Gasteiger partial charge >= 0.3 is 0 Å². The molecule has 0 bridgehead atoms. The van der Waals surface area contributed by atoms with E-state index < -0.39 is 0 Å². The lowest BCUT2D eigenvalue weighted by atomic mass is 9.88. The Morgan fingerprint density at radius 1 is 1.05 bits per heavy atom. The molecule has 0 amide bonds. The third kappa shape index (κ3) is 4.15. The van der Waals surface area contributed by atoms with Crippen molar-refractivity contribution < 1.29 is 4.39 Å². The van der Waals surface area contributed by atoms with Gasteiger partial charge in [0.05, 0.1) is 0 Å². The van der Waals surface area contributed by atoms with Crippen LogP contribution in [0.2, 0.25) is 0 Å². The van der Waals surface area contributed by atoms with Crippen LogP contribution in [0.4, 0.5) is 4.39 Å². The smallest absolute Gasteiger partial charge is 0.123 e. The van der Waals surface area contributed by atoms with E-state index >= 15 is 0 Å². The van der Waals surface area contributed by atoms with Crippen molar-refractivity contribution in [2.24, 2.45) is 0 Å². The van der Waals surface area contributed by atoms with Crippen LogP contribution in [-0.2, 0) is 0 Å². The first-order valence-electron chi connectivity index (χ1n) is 7.67. The molecule has 2 heteroatoms. The molecular formula is C19H24FN. The zero-order chi connectivity index (χ0) is 15.2. The van der Waals surface area contributed by atoms with E-state index in [2.05, 4.69) is 49.5 Å². The zero-order valence-electron chi connectivity index (χ0n) is 13.1. The molecule has 0 radical (unpaired) electrons. The highest BCUT2D eigenvalue weighted by Crippen LogP contribution is 2.31. The minimum atomic E-state index is -0.159. The molecule has 2 unspecified atom stereocenters. The Kier molecular flexibility index (Phi) is 5.51. The lowest BCUT2D eigenvalue weighted by Crippen LogP contribution is -2.27. The monoisotopic (exact) mass is 285 g/mol. The Labute approximate surface area is 127 Å². The molecule has 0 aliphatic carbocycles. The number of hydrogen-bond acceptors (Lipinski definition) is 1. The number of halogens is 1. The Balaban J connectivity index is 2.33. The molecular weight excluding hydrogens is 261 g/mol. The molecule has 0 aliphatic rings. The first-order chi connectivity index (χ1) is 10.1.